The Bertz CT molecular complexity index is 1330. The molecular weight excluding hydrogens is 493 g/mol. The molecule has 0 saturated heterocycles. The van der Waals surface area contributed by atoms with Crippen LogP contribution >= 0.6 is 34.5 Å². The summed E-state index contributed by atoms with van der Waals surface area (Å²) in [6.07, 6.45) is 1.63. The molecule has 34 heavy (non-hydrogen) atoms. The first kappa shape index (κ1) is 23.8. The maximum absolute atomic E-state index is 12.4. The SMILES string of the molecule is CCOc1cc(/C=N\Nc2nc(-c3ccc(Cl)cc3Cl)cs2)ccc1OC(=O)c1ccccc1. The molecule has 1 aromatic heterocycles. The van der Waals surface area contributed by atoms with Gasteiger partial charge in [0.1, 0.15) is 0 Å². The summed E-state index contributed by atoms with van der Waals surface area (Å²) in [5, 5.41) is 7.84. The van der Waals surface area contributed by atoms with Crippen molar-refractivity contribution in [2.24, 2.45) is 5.10 Å². The number of ether oxygens (including phenoxy) is 2. The molecule has 0 saturated carbocycles. The van der Waals surface area contributed by atoms with Gasteiger partial charge in [0, 0.05) is 16.0 Å². The third kappa shape index (κ3) is 5.94. The lowest BCUT2D eigenvalue weighted by Gasteiger charge is -2.11. The lowest BCUT2D eigenvalue weighted by atomic mass is 10.2. The molecular formula is C25H19Cl2N3O3S. The van der Waals surface area contributed by atoms with Gasteiger partial charge in [0.15, 0.2) is 11.5 Å². The first-order valence-corrected chi connectivity index (χ1v) is 11.9. The number of esters is 1. The molecule has 3 aromatic carbocycles. The van der Waals surface area contributed by atoms with Gasteiger partial charge in [-0.1, -0.05) is 41.4 Å². The van der Waals surface area contributed by atoms with Crippen molar-refractivity contribution in [1.82, 2.24) is 4.98 Å². The second-order valence-corrected chi connectivity index (χ2v) is 8.63. The standard InChI is InChI=1S/C25H19Cl2N3O3S/c1-2-32-23-12-16(8-11-22(23)33-24(31)17-6-4-3-5-7-17)14-28-30-25-29-21(15-34-25)19-10-9-18(26)13-20(19)27/h3-15H,2H2,1H3,(H,29,30)/b28-14-. The van der Waals surface area contributed by atoms with Crippen LogP contribution in [0.1, 0.15) is 22.8 Å². The summed E-state index contributed by atoms with van der Waals surface area (Å²) >= 11 is 13.6. The van der Waals surface area contributed by atoms with Crippen LogP contribution in [0.25, 0.3) is 11.3 Å². The second-order valence-electron chi connectivity index (χ2n) is 6.93. The normalized spacial score (nSPS) is 10.9. The third-order valence-electron chi connectivity index (χ3n) is 4.56. The first-order valence-electron chi connectivity index (χ1n) is 10.3. The van der Waals surface area contributed by atoms with Crippen LogP contribution in [0.15, 0.2) is 77.2 Å². The van der Waals surface area contributed by atoms with Gasteiger partial charge in [-0.15, -0.1) is 11.3 Å². The van der Waals surface area contributed by atoms with Crippen molar-refractivity contribution in [3.8, 4) is 22.8 Å². The average molecular weight is 512 g/mol. The van der Waals surface area contributed by atoms with Crippen molar-refractivity contribution in [3.05, 3.63) is 93.3 Å². The molecule has 9 heteroatoms. The van der Waals surface area contributed by atoms with E-state index in [2.05, 4.69) is 15.5 Å². The van der Waals surface area contributed by atoms with E-state index in [4.69, 9.17) is 32.7 Å². The number of anilines is 1. The minimum Gasteiger partial charge on any atom is -0.490 e. The highest BCUT2D eigenvalue weighted by Crippen LogP contribution is 2.32. The van der Waals surface area contributed by atoms with Gasteiger partial charge in [-0.05, 0) is 61.0 Å². The fourth-order valence-electron chi connectivity index (χ4n) is 3.00. The number of halogens is 2. The number of thiazole rings is 1. The van der Waals surface area contributed by atoms with E-state index < -0.39 is 5.97 Å². The zero-order chi connectivity index (χ0) is 23.9. The van der Waals surface area contributed by atoms with Gasteiger partial charge in [-0.3, -0.25) is 5.43 Å². The Balaban J connectivity index is 1.44. The minimum absolute atomic E-state index is 0.338. The molecule has 0 bridgehead atoms. The van der Waals surface area contributed by atoms with E-state index in [9.17, 15) is 4.79 Å². The molecule has 4 aromatic rings. The molecule has 0 atom stereocenters. The predicted octanol–water partition coefficient (Wildman–Crippen LogP) is 7.18. The zero-order valence-corrected chi connectivity index (χ0v) is 20.3. The van der Waals surface area contributed by atoms with E-state index in [1.54, 1.807) is 60.8 Å². The molecule has 1 N–H and O–H groups in total. The van der Waals surface area contributed by atoms with Gasteiger partial charge in [0.2, 0.25) is 5.13 Å². The highest BCUT2D eigenvalue weighted by Gasteiger charge is 2.13. The summed E-state index contributed by atoms with van der Waals surface area (Å²) in [5.41, 5.74) is 5.66. The topological polar surface area (TPSA) is 72.8 Å². The number of benzene rings is 3. The number of hydrogen-bond acceptors (Lipinski definition) is 7. The Morgan fingerprint density at radius 3 is 2.68 bits per heavy atom. The highest BCUT2D eigenvalue weighted by atomic mass is 35.5. The molecule has 0 amide bonds. The van der Waals surface area contributed by atoms with Crippen LogP contribution in [-0.2, 0) is 0 Å². The van der Waals surface area contributed by atoms with Crippen LogP contribution in [0.2, 0.25) is 10.0 Å². The number of hydrazone groups is 1. The molecule has 0 aliphatic carbocycles. The van der Waals surface area contributed by atoms with E-state index in [-0.39, 0.29) is 0 Å². The molecule has 1 heterocycles. The molecule has 0 aliphatic rings. The van der Waals surface area contributed by atoms with Crippen LogP contribution in [-0.4, -0.2) is 23.8 Å². The quantitative estimate of drug-likeness (QED) is 0.117. The summed E-state index contributed by atoms with van der Waals surface area (Å²) in [6.45, 7) is 2.28. The van der Waals surface area contributed by atoms with Gasteiger partial charge in [-0.2, -0.15) is 5.10 Å². The Morgan fingerprint density at radius 2 is 1.91 bits per heavy atom. The largest absolute Gasteiger partial charge is 0.490 e. The predicted molar refractivity (Wildman–Crippen MR) is 138 cm³/mol. The Kier molecular flexibility index (Phi) is 7.80. The Labute approximate surface area is 210 Å². The molecule has 0 radical (unpaired) electrons. The maximum Gasteiger partial charge on any atom is 0.343 e. The van der Waals surface area contributed by atoms with E-state index in [1.807, 2.05) is 24.4 Å². The van der Waals surface area contributed by atoms with Crippen molar-refractivity contribution >= 4 is 51.9 Å². The summed E-state index contributed by atoms with van der Waals surface area (Å²) in [7, 11) is 0. The van der Waals surface area contributed by atoms with Crippen LogP contribution in [0.5, 0.6) is 11.5 Å². The Morgan fingerprint density at radius 1 is 1.09 bits per heavy atom. The van der Waals surface area contributed by atoms with Crippen LogP contribution in [0, 0.1) is 0 Å². The first-order chi connectivity index (χ1) is 16.5. The van der Waals surface area contributed by atoms with E-state index in [0.717, 1.165) is 16.8 Å². The van der Waals surface area contributed by atoms with E-state index in [0.29, 0.717) is 38.8 Å². The fraction of sp³-hybridized carbons (Fsp3) is 0.0800. The van der Waals surface area contributed by atoms with Gasteiger partial charge < -0.3 is 9.47 Å². The molecule has 6 nitrogen and oxygen atoms in total. The van der Waals surface area contributed by atoms with Crippen molar-refractivity contribution in [2.75, 3.05) is 12.0 Å². The van der Waals surface area contributed by atoms with Crippen molar-refractivity contribution in [3.63, 3.8) is 0 Å². The number of carbonyl (C=O) groups is 1. The van der Waals surface area contributed by atoms with E-state index in [1.165, 1.54) is 11.3 Å². The van der Waals surface area contributed by atoms with Gasteiger partial charge in [-0.25, -0.2) is 9.78 Å². The summed E-state index contributed by atoms with van der Waals surface area (Å²) < 4.78 is 11.2. The van der Waals surface area contributed by atoms with Crippen LogP contribution in [0.4, 0.5) is 5.13 Å². The van der Waals surface area contributed by atoms with Crippen molar-refractivity contribution in [1.29, 1.82) is 0 Å². The summed E-state index contributed by atoms with van der Waals surface area (Å²) in [4.78, 5) is 16.9. The maximum atomic E-state index is 12.4. The fourth-order valence-corrected chi connectivity index (χ4v) is 4.16. The lowest BCUT2D eigenvalue weighted by Crippen LogP contribution is -2.09. The molecule has 0 fully saturated rings. The molecule has 0 unspecified atom stereocenters. The number of aromatic nitrogens is 1. The van der Waals surface area contributed by atoms with Crippen molar-refractivity contribution < 1.29 is 14.3 Å². The third-order valence-corrected chi connectivity index (χ3v) is 5.86. The number of nitrogens with one attached hydrogen (secondary N) is 1. The van der Waals surface area contributed by atoms with Gasteiger partial charge >= 0.3 is 5.97 Å². The number of carbonyl (C=O) groups excluding carboxylic acids is 1. The smallest absolute Gasteiger partial charge is 0.343 e. The van der Waals surface area contributed by atoms with Crippen LogP contribution < -0.4 is 14.9 Å². The number of nitrogens with zero attached hydrogens (tertiary/aromatic N) is 2. The molecule has 0 aliphatic heterocycles. The molecule has 4 rings (SSSR count). The number of hydrogen-bond donors (Lipinski definition) is 1. The molecule has 172 valence electrons. The monoisotopic (exact) mass is 511 g/mol. The second kappa shape index (κ2) is 11.2. The van der Waals surface area contributed by atoms with Gasteiger partial charge in [0.05, 0.1) is 29.1 Å². The van der Waals surface area contributed by atoms with Crippen molar-refractivity contribution in [2.45, 2.75) is 6.92 Å². The summed E-state index contributed by atoms with van der Waals surface area (Å²) in [6, 6.07) is 19.3. The minimum atomic E-state index is -0.454. The molecule has 0 spiro atoms. The lowest BCUT2D eigenvalue weighted by molar-refractivity contribution is 0.0728. The van der Waals surface area contributed by atoms with E-state index >= 15 is 0 Å². The zero-order valence-electron chi connectivity index (χ0n) is 18.0. The summed E-state index contributed by atoms with van der Waals surface area (Å²) in [5.74, 6) is 0.333. The highest BCUT2D eigenvalue weighted by molar-refractivity contribution is 7.14. The van der Waals surface area contributed by atoms with Gasteiger partial charge in [0.25, 0.3) is 0 Å². The average Bonchev–Trinajstić information content (AvgIpc) is 3.30. The van der Waals surface area contributed by atoms with Crippen LogP contribution in [0.3, 0.4) is 0 Å². The number of rotatable bonds is 8. The Hall–Kier alpha value is -3.39.